The predicted molar refractivity (Wildman–Crippen MR) is 97.1 cm³/mol. The van der Waals surface area contributed by atoms with Crippen molar-refractivity contribution in [3.63, 3.8) is 0 Å². The number of rotatable bonds is 7. The number of oxazole rings is 1. The summed E-state index contributed by atoms with van der Waals surface area (Å²) in [5, 5.41) is 0. The second-order valence-electron chi connectivity index (χ2n) is 6.09. The summed E-state index contributed by atoms with van der Waals surface area (Å²) >= 11 is 1.20. The lowest BCUT2D eigenvalue weighted by atomic mass is 10.2. The molecule has 1 saturated carbocycles. The molecule has 0 aliphatic heterocycles. The molecule has 2 aromatic heterocycles. The van der Waals surface area contributed by atoms with E-state index in [1.54, 1.807) is 18.3 Å². The van der Waals surface area contributed by atoms with Crippen LogP contribution in [0.2, 0.25) is 0 Å². The lowest BCUT2D eigenvalue weighted by Crippen LogP contribution is -2.25. The molecule has 1 aromatic carbocycles. The van der Waals surface area contributed by atoms with Crippen molar-refractivity contribution in [1.29, 1.82) is 0 Å². The van der Waals surface area contributed by atoms with Gasteiger partial charge in [0.1, 0.15) is 4.21 Å². The normalized spacial score (nSPS) is 14.7. The summed E-state index contributed by atoms with van der Waals surface area (Å²) in [6.45, 7) is 0.369. The number of thiophene rings is 1. The smallest absolute Gasteiger partial charge is 0.250 e. The van der Waals surface area contributed by atoms with Crippen LogP contribution in [0.15, 0.2) is 57.3 Å². The molecule has 7 heteroatoms. The largest absolute Gasteiger partial charge is 0.440 e. The summed E-state index contributed by atoms with van der Waals surface area (Å²) in [4.78, 5) is 5.06. The molecule has 2 heterocycles. The van der Waals surface area contributed by atoms with Gasteiger partial charge < -0.3 is 4.42 Å². The van der Waals surface area contributed by atoms with Gasteiger partial charge in [0, 0.05) is 12.5 Å². The molecule has 0 unspecified atom stereocenters. The van der Waals surface area contributed by atoms with E-state index in [9.17, 15) is 8.42 Å². The van der Waals surface area contributed by atoms with Crippen molar-refractivity contribution in [2.45, 2.75) is 29.4 Å². The molecule has 5 nitrogen and oxygen atoms in total. The Bertz CT molecular complexity index is 957. The summed E-state index contributed by atoms with van der Waals surface area (Å²) in [6, 6.07) is 13.2. The Labute approximate surface area is 150 Å². The van der Waals surface area contributed by atoms with Crippen LogP contribution in [0.4, 0.5) is 0 Å². The van der Waals surface area contributed by atoms with Crippen LogP contribution >= 0.6 is 11.3 Å². The molecule has 0 amide bonds. The number of nitrogens with zero attached hydrogens (tertiary/aromatic N) is 1. The van der Waals surface area contributed by atoms with E-state index in [0.717, 1.165) is 29.2 Å². The van der Waals surface area contributed by atoms with Crippen LogP contribution in [0.1, 0.15) is 30.2 Å². The molecule has 0 bridgehead atoms. The predicted octanol–water partition coefficient (Wildman–Crippen LogP) is 3.80. The maximum absolute atomic E-state index is 12.4. The zero-order valence-corrected chi connectivity index (χ0v) is 15.1. The number of hydrogen-bond donors (Lipinski definition) is 1. The van der Waals surface area contributed by atoms with Crippen molar-refractivity contribution in [3.8, 4) is 10.6 Å². The van der Waals surface area contributed by atoms with Crippen molar-refractivity contribution in [2.75, 3.05) is 6.54 Å². The highest BCUT2D eigenvalue weighted by atomic mass is 32.2. The number of nitrogens with one attached hydrogen (secondary N) is 1. The average Bonchev–Trinajstić information content (AvgIpc) is 3.12. The molecule has 4 rings (SSSR count). The monoisotopic (exact) mass is 374 g/mol. The van der Waals surface area contributed by atoms with Gasteiger partial charge in [-0.25, -0.2) is 18.1 Å². The first-order chi connectivity index (χ1) is 12.1. The quantitative estimate of drug-likeness (QED) is 0.683. The second-order valence-corrected chi connectivity index (χ2v) is 9.17. The van der Waals surface area contributed by atoms with Crippen LogP contribution in [-0.4, -0.2) is 19.9 Å². The molecule has 1 aliphatic rings. The minimum Gasteiger partial charge on any atom is -0.440 e. The molecule has 0 saturated heterocycles. The number of benzene rings is 1. The van der Waals surface area contributed by atoms with E-state index in [4.69, 9.17) is 4.42 Å². The van der Waals surface area contributed by atoms with Gasteiger partial charge in [-0.05, 0) is 37.0 Å². The maximum atomic E-state index is 12.4. The van der Waals surface area contributed by atoms with Gasteiger partial charge in [-0.3, -0.25) is 0 Å². The van der Waals surface area contributed by atoms with Crippen LogP contribution in [0.25, 0.3) is 10.6 Å². The fraction of sp³-hybridized carbons (Fsp3) is 0.278. The third kappa shape index (κ3) is 3.84. The van der Waals surface area contributed by atoms with Crippen molar-refractivity contribution >= 4 is 21.4 Å². The first-order valence-corrected chi connectivity index (χ1v) is 10.5. The van der Waals surface area contributed by atoms with E-state index < -0.39 is 10.0 Å². The standard InChI is InChI=1S/C18H18N2O3S2/c21-25(22,20-11-10-13-4-2-1-3-5-13)17-9-8-16(24-17)15-12-19-18(23-15)14-6-7-14/h1-5,8-9,12,14,20H,6-7,10-11H2. The number of sulfonamides is 1. The molecule has 0 radical (unpaired) electrons. The average molecular weight is 374 g/mol. The fourth-order valence-electron chi connectivity index (χ4n) is 2.56. The zero-order chi connectivity index (χ0) is 17.3. The minimum atomic E-state index is -3.51. The summed E-state index contributed by atoms with van der Waals surface area (Å²) in [7, 11) is -3.51. The molecule has 0 atom stereocenters. The summed E-state index contributed by atoms with van der Waals surface area (Å²) in [5.41, 5.74) is 1.10. The van der Waals surface area contributed by atoms with Crippen molar-refractivity contribution < 1.29 is 12.8 Å². The Morgan fingerprint density at radius 1 is 1.16 bits per heavy atom. The molecule has 1 fully saturated rings. The van der Waals surface area contributed by atoms with Crippen molar-refractivity contribution in [2.24, 2.45) is 0 Å². The van der Waals surface area contributed by atoms with Gasteiger partial charge in [0.05, 0.1) is 11.1 Å². The van der Waals surface area contributed by atoms with E-state index in [1.807, 2.05) is 30.3 Å². The number of hydrogen-bond acceptors (Lipinski definition) is 5. The summed E-state index contributed by atoms with van der Waals surface area (Å²) in [6.07, 6.45) is 4.58. The van der Waals surface area contributed by atoms with Gasteiger partial charge in [-0.15, -0.1) is 11.3 Å². The molecular weight excluding hydrogens is 356 g/mol. The highest BCUT2D eigenvalue weighted by molar-refractivity contribution is 7.91. The molecular formula is C18H18N2O3S2. The van der Waals surface area contributed by atoms with Gasteiger partial charge in [0.2, 0.25) is 10.0 Å². The van der Waals surface area contributed by atoms with E-state index in [0.29, 0.717) is 28.9 Å². The Morgan fingerprint density at radius 3 is 2.72 bits per heavy atom. The first-order valence-electron chi connectivity index (χ1n) is 8.21. The zero-order valence-electron chi connectivity index (χ0n) is 13.5. The molecule has 25 heavy (non-hydrogen) atoms. The lowest BCUT2D eigenvalue weighted by molar-refractivity contribution is 0.510. The molecule has 3 aromatic rings. The summed E-state index contributed by atoms with van der Waals surface area (Å²) < 4.78 is 33.6. The van der Waals surface area contributed by atoms with E-state index in [2.05, 4.69) is 9.71 Å². The Morgan fingerprint density at radius 2 is 1.96 bits per heavy atom. The van der Waals surface area contributed by atoms with E-state index >= 15 is 0 Å². The highest BCUT2D eigenvalue weighted by Crippen LogP contribution is 2.41. The van der Waals surface area contributed by atoms with Crippen LogP contribution in [0, 0.1) is 0 Å². The first kappa shape index (κ1) is 16.5. The van der Waals surface area contributed by atoms with E-state index in [-0.39, 0.29) is 0 Å². The topological polar surface area (TPSA) is 72.2 Å². The molecule has 1 N–H and O–H groups in total. The van der Waals surface area contributed by atoms with Crippen LogP contribution < -0.4 is 4.72 Å². The fourth-order valence-corrected chi connectivity index (χ4v) is 4.89. The Hall–Kier alpha value is -1.96. The third-order valence-corrected chi connectivity index (χ3v) is 7.14. The highest BCUT2D eigenvalue weighted by Gasteiger charge is 2.29. The molecule has 130 valence electrons. The number of aromatic nitrogens is 1. The molecule has 0 spiro atoms. The van der Waals surface area contributed by atoms with Gasteiger partial charge in [-0.1, -0.05) is 30.3 Å². The maximum Gasteiger partial charge on any atom is 0.250 e. The van der Waals surface area contributed by atoms with Crippen molar-refractivity contribution in [3.05, 3.63) is 60.1 Å². The van der Waals surface area contributed by atoms with Crippen LogP contribution in [0.5, 0.6) is 0 Å². The molecule has 1 aliphatic carbocycles. The van der Waals surface area contributed by atoms with Crippen molar-refractivity contribution in [1.82, 2.24) is 9.71 Å². The SMILES string of the molecule is O=S(=O)(NCCc1ccccc1)c1ccc(-c2cnc(C3CC3)o2)s1. The summed E-state index contributed by atoms with van der Waals surface area (Å²) in [5.74, 6) is 1.84. The Kier molecular flexibility index (Phi) is 4.45. The Balaban J connectivity index is 1.42. The van der Waals surface area contributed by atoms with Gasteiger partial charge in [0.15, 0.2) is 11.7 Å². The van der Waals surface area contributed by atoms with Crippen LogP contribution in [0.3, 0.4) is 0 Å². The minimum absolute atomic E-state index is 0.292. The van der Waals surface area contributed by atoms with Gasteiger partial charge in [0.25, 0.3) is 0 Å². The third-order valence-electron chi connectivity index (χ3n) is 4.09. The lowest BCUT2D eigenvalue weighted by Gasteiger charge is -2.04. The van der Waals surface area contributed by atoms with E-state index in [1.165, 1.54) is 11.3 Å². The van der Waals surface area contributed by atoms with Gasteiger partial charge >= 0.3 is 0 Å². The van der Waals surface area contributed by atoms with Gasteiger partial charge in [-0.2, -0.15) is 0 Å². The second kappa shape index (κ2) is 6.74. The van der Waals surface area contributed by atoms with Crippen LogP contribution in [-0.2, 0) is 16.4 Å².